The molecule has 10 nitrogen and oxygen atoms in total. The number of sulfonamides is 2. The maximum absolute atomic E-state index is 12.0. The number of fused-ring (bicyclic) bond motifs is 1. The van der Waals surface area contributed by atoms with Crippen molar-refractivity contribution < 1.29 is 31.1 Å². The second-order valence-electron chi connectivity index (χ2n) is 6.59. The summed E-state index contributed by atoms with van der Waals surface area (Å²) in [4.78, 5) is 16.1. The van der Waals surface area contributed by atoms with Crippen LogP contribution in [0.15, 0.2) is 63.3 Å². The Morgan fingerprint density at radius 3 is 2.42 bits per heavy atom. The van der Waals surface area contributed by atoms with Crippen LogP contribution in [0.4, 0.5) is 0 Å². The molecule has 0 aromatic heterocycles. The molecule has 1 N–H and O–H groups in total. The lowest BCUT2D eigenvalue weighted by Crippen LogP contribution is -2.23. The number of ether oxygens (including phenoxy) is 2. The third-order valence-corrected chi connectivity index (χ3v) is 7.47. The van der Waals surface area contributed by atoms with Crippen LogP contribution in [0.5, 0.6) is 5.75 Å². The van der Waals surface area contributed by atoms with E-state index in [-0.39, 0.29) is 35.4 Å². The van der Waals surface area contributed by atoms with Crippen LogP contribution >= 0.6 is 0 Å². The maximum Gasteiger partial charge on any atom is 0.327 e. The fraction of sp³-hybridized carbons (Fsp3) is 0.263. The van der Waals surface area contributed by atoms with Crippen LogP contribution in [0, 0.1) is 0 Å². The molecule has 0 saturated carbocycles. The van der Waals surface area contributed by atoms with Crippen molar-refractivity contribution in [2.75, 3.05) is 33.9 Å². The smallest absolute Gasteiger partial charge is 0.327 e. The fourth-order valence-electron chi connectivity index (χ4n) is 2.67. The van der Waals surface area contributed by atoms with E-state index in [1.807, 2.05) is 0 Å². The summed E-state index contributed by atoms with van der Waals surface area (Å²) in [6.07, 6.45) is 0. The predicted molar refractivity (Wildman–Crippen MR) is 112 cm³/mol. The van der Waals surface area contributed by atoms with Gasteiger partial charge in [0.2, 0.25) is 10.0 Å². The van der Waals surface area contributed by atoms with Gasteiger partial charge < -0.3 is 9.47 Å². The average molecular weight is 468 g/mol. The molecular formula is C19H21N3O7S2. The molecule has 2 aromatic carbocycles. The van der Waals surface area contributed by atoms with Gasteiger partial charge in [0.05, 0.1) is 9.79 Å². The third-order valence-electron chi connectivity index (χ3n) is 4.25. The zero-order chi connectivity index (χ0) is 22.6. The fourth-order valence-corrected chi connectivity index (χ4v) is 4.83. The first-order valence-corrected chi connectivity index (χ1v) is 12.0. The Bertz CT molecular complexity index is 1210. The molecule has 0 unspecified atom stereocenters. The van der Waals surface area contributed by atoms with Crippen molar-refractivity contribution in [3.05, 3.63) is 54.1 Å². The van der Waals surface area contributed by atoms with Crippen LogP contribution < -0.4 is 9.46 Å². The molecule has 0 fully saturated rings. The Morgan fingerprint density at radius 2 is 1.74 bits per heavy atom. The number of esters is 1. The zero-order valence-electron chi connectivity index (χ0n) is 16.8. The van der Waals surface area contributed by atoms with Gasteiger partial charge in [0, 0.05) is 19.7 Å². The number of carbonyl (C=O) groups excluding carboxylic acids is 1. The Balaban J connectivity index is 1.47. The van der Waals surface area contributed by atoms with Gasteiger partial charge in [-0.3, -0.25) is 14.5 Å². The highest BCUT2D eigenvalue weighted by molar-refractivity contribution is 7.90. The van der Waals surface area contributed by atoms with Gasteiger partial charge in [-0.2, -0.15) is 0 Å². The van der Waals surface area contributed by atoms with Crippen molar-refractivity contribution in [3.8, 4) is 5.75 Å². The first-order valence-electron chi connectivity index (χ1n) is 9.09. The molecule has 3 rings (SSSR count). The van der Waals surface area contributed by atoms with E-state index in [0.29, 0.717) is 11.3 Å². The molecule has 0 aliphatic carbocycles. The lowest BCUT2D eigenvalue weighted by Gasteiger charge is -2.12. The minimum atomic E-state index is -3.66. The maximum atomic E-state index is 12.0. The van der Waals surface area contributed by atoms with Crippen LogP contribution in [-0.4, -0.2) is 66.8 Å². The molecule has 0 amide bonds. The minimum absolute atomic E-state index is 0.0518. The summed E-state index contributed by atoms with van der Waals surface area (Å²) in [6.45, 7) is -0.357. The zero-order valence-corrected chi connectivity index (χ0v) is 18.4. The molecule has 1 aliphatic heterocycles. The SMILES string of the molecule is CN(C)S(=O)(=O)c1ccc(OCCOC(=O)CN=C2NS(=O)(=O)c3ccccc32)cc1. The second-order valence-corrected chi connectivity index (χ2v) is 10.4. The minimum Gasteiger partial charge on any atom is -0.490 e. The molecule has 31 heavy (non-hydrogen) atoms. The summed E-state index contributed by atoms with van der Waals surface area (Å²) in [6, 6.07) is 12.2. The van der Waals surface area contributed by atoms with Gasteiger partial charge in [0.1, 0.15) is 31.3 Å². The number of hydrogen-bond acceptors (Lipinski definition) is 8. The van der Waals surface area contributed by atoms with E-state index in [0.717, 1.165) is 4.31 Å². The largest absolute Gasteiger partial charge is 0.490 e. The molecule has 166 valence electrons. The van der Waals surface area contributed by atoms with Crippen molar-refractivity contribution in [2.24, 2.45) is 4.99 Å². The highest BCUT2D eigenvalue weighted by Crippen LogP contribution is 2.22. The summed E-state index contributed by atoms with van der Waals surface area (Å²) >= 11 is 0. The summed E-state index contributed by atoms with van der Waals surface area (Å²) in [5, 5.41) is 0. The van der Waals surface area contributed by atoms with Gasteiger partial charge in [-0.15, -0.1) is 0 Å². The number of aliphatic imine (C=N–C) groups is 1. The number of rotatable bonds is 8. The first kappa shape index (κ1) is 22.7. The molecule has 0 saturated heterocycles. The van der Waals surface area contributed by atoms with E-state index in [2.05, 4.69) is 9.71 Å². The molecule has 0 atom stereocenters. The average Bonchev–Trinajstić information content (AvgIpc) is 3.00. The Morgan fingerprint density at radius 1 is 1.06 bits per heavy atom. The number of benzene rings is 2. The molecule has 12 heteroatoms. The van der Waals surface area contributed by atoms with Gasteiger partial charge in [-0.1, -0.05) is 12.1 Å². The van der Waals surface area contributed by atoms with Crippen LogP contribution in [0.3, 0.4) is 0 Å². The van der Waals surface area contributed by atoms with E-state index in [4.69, 9.17) is 9.47 Å². The topological polar surface area (TPSA) is 131 Å². The van der Waals surface area contributed by atoms with Gasteiger partial charge in [0.25, 0.3) is 10.0 Å². The number of nitrogens with one attached hydrogen (secondary N) is 1. The van der Waals surface area contributed by atoms with Crippen molar-refractivity contribution in [1.82, 2.24) is 9.03 Å². The van der Waals surface area contributed by atoms with Crippen LogP contribution in [0.2, 0.25) is 0 Å². The van der Waals surface area contributed by atoms with Gasteiger partial charge >= 0.3 is 5.97 Å². The number of amidine groups is 1. The van der Waals surface area contributed by atoms with E-state index in [1.54, 1.807) is 18.2 Å². The Labute approximate surface area is 180 Å². The van der Waals surface area contributed by atoms with E-state index in [9.17, 15) is 21.6 Å². The standard InChI is InChI=1S/C19H21N3O7S2/c1-22(2)31(26,27)15-9-7-14(8-10-15)28-11-12-29-18(23)13-20-19-16-5-3-4-6-17(16)30(24,25)21-19/h3-10H,11-13H2,1-2H3,(H,20,21). The highest BCUT2D eigenvalue weighted by atomic mass is 32.2. The van der Waals surface area contributed by atoms with E-state index >= 15 is 0 Å². The van der Waals surface area contributed by atoms with Gasteiger partial charge in [-0.05, 0) is 36.4 Å². The molecule has 1 heterocycles. The third kappa shape index (κ3) is 5.21. The van der Waals surface area contributed by atoms with Crippen LogP contribution in [0.1, 0.15) is 5.56 Å². The van der Waals surface area contributed by atoms with Crippen molar-refractivity contribution in [2.45, 2.75) is 9.79 Å². The lowest BCUT2D eigenvalue weighted by atomic mass is 10.2. The predicted octanol–water partition coefficient (Wildman–Crippen LogP) is 0.598. The molecule has 2 aromatic rings. The summed E-state index contributed by atoms with van der Waals surface area (Å²) in [5.41, 5.74) is 0.401. The first-order chi connectivity index (χ1) is 14.6. The molecule has 0 bridgehead atoms. The Kier molecular flexibility index (Phi) is 6.62. The number of nitrogens with zero attached hydrogens (tertiary/aromatic N) is 2. The Hall–Kier alpha value is -2.96. The number of hydrogen-bond donors (Lipinski definition) is 1. The van der Waals surface area contributed by atoms with E-state index in [1.165, 1.54) is 44.4 Å². The summed E-state index contributed by atoms with van der Waals surface area (Å²) in [7, 11) is -4.29. The highest BCUT2D eigenvalue weighted by Gasteiger charge is 2.30. The lowest BCUT2D eigenvalue weighted by molar-refractivity contribution is -0.142. The quantitative estimate of drug-likeness (QED) is 0.444. The normalized spacial score (nSPS) is 16.0. The summed E-state index contributed by atoms with van der Waals surface area (Å²) in [5.74, 6) is -0.130. The van der Waals surface area contributed by atoms with Crippen LogP contribution in [0.25, 0.3) is 0 Å². The summed E-state index contributed by atoms with van der Waals surface area (Å²) < 4.78 is 61.9. The molecule has 1 aliphatic rings. The van der Waals surface area contributed by atoms with Crippen LogP contribution in [-0.2, 0) is 29.6 Å². The number of carbonyl (C=O) groups is 1. The van der Waals surface area contributed by atoms with Crippen molar-refractivity contribution in [3.63, 3.8) is 0 Å². The monoisotopic (exact) mass is 467 g/mol. The van der Waals surface area contributed by atoms with Gasteiger partial charge in [0.15, 0.2) is 0 Å². The molecule has 0 spiro atoms. The van der Waals surface area contributed by atoms with Crippen molar-refractivity contribution >= 4 is 31.9 Å². The second kappa shape index (κ2) is 9.04. The van der Waals surface area contributed by atoms with Gasteiger partial charge in [-0.25, -0.2) is 21.1 Å². The van der Waals surface area contributed by atoms with E-state index < -0.39 is 26.0 Å². The molecular weight excluding hydrogens is 446 g/mol. The van der Waals surface area contributed by atoms with Crippen molar-refractivity contribution in [1.29, 1.82) is 0 Å². The molecule has 0 radical (unpaired) electrons.